The van der Waals surface area contributed by atoms with Gasteiger partial charge in [0.25, 0.3) is 0 Å². The van der Waals surface area contributed by atoms with E-state index in [9.17, 15) is 0 Å². The molecule has 0 aromatic heterocycles. The molecule has 5 heavy (non-hydrogen) atoms. The molecule has 1 nitrogen and oxygen atoms in total. The molecule has 0 heterocycles. The van der Waals surface area contributed by atoms with Gasteiger partial charge in [-0.25, -0.2) is 0 Å². The van der Waals surface area contributed by atoms with E-state index in [4.69, 9.17) is 5.11 Å². The van der Waals surface area contributed by atoms with Crippen LogP contribution >= 0.6 is 0 Å². The monoisotopic (exact) mass is 87.0 g/mol. The van der Waals surface area contributed by atoms with Crippen LogP contribution in [-0.4, -0.2) is 28.6 Å². The third-order valence-electron chi connectivity index (χ3n) is 0. The summed E-state index contributed by atoms with van der Waals surface area (Å²) in [5.41, 5.74) is 0. The minimum Gasteiger partial charge on any atom is -0.394 e. The molecular weight excluding hydrogens is 79.0 g/mol. The van der Waals surface area contributed by atoms with Gasteiger partial charge >= 0.3 is 17.4 Å². The predicted octanol–water partition coefficient (Wildman–Crippen LogP) is 0.00630. The summed E-state index contributed by atoms with van der Waals surface area (Å²) in [6.07, 6.45) is -0.167. The van der Waals surface area contributed by atoms with Crippen LogP contribution in [0.4, 0.5) is 0 Å². The summed E-state index contributed by atoms with van der Waals surface area (Å²) < 4.78 is 0. The first-order valence-corrected chi connectivity index (χ1v) is 1.41. The molecule has 2 heteroatoms. The number of aliphatic hydroxyl groups is 1. The number of hydrogen-bond donors (Lipinski definition) is 1. The minimum absolute atomic E-state index is 0. The first kappa shape index (κ1) is 9.09. The van der Waals surface area contributed by atoms with Gasteiger partial charge in [0, 0.05) is 6.10 Å². The normalized spacial score (nSPS) is 7.20. The fraction of sp³-hybridized carbons (Fsp3) is 1.00. The van der Waals surface area contributed by atoms with Gasteiger partial charge in [-0.05, 0) is 13.8 Å². The quantitative estimate of drug-likeness (QED) is 0.412. The molecule has 0 unspecified atom stereocenters. The maximum atomic E-state index is 8.06. The SMILES string of the molecule is CC(C)O.[Al+3]. The molecule has 0 aromatic rings. The average molecular weight is 87.1 g/mol. The predicted molar refractivity (Wildman–Crippen MR) is 23.1 cm³/mol. The Balaban J connectivity index is 0. The van der Waals surface area contributed by atoms with Crippen molar-refractivity contribution in [3.8, 4) is 0 Å². The van der Waals surface area contributed by atoms with Crippen LogP contribution in [0.25, 0.3) is 0 Å². The van der Waals surface area contributed by atoms with E-state index < -0.39 is 0 Å². The summed E-state index contributed by atoms with van der Waals surface area (Å²) >= 11 is 0. The second-order valence-electron chi connectivity index (χ2n) is 1.09. The zero-order valence-electron chi connectivity index (χ0n) is 3.60. The minimum atomic E-state index is -0.167. The standard InChI is InChI=1S/C3H8O.Al/c1-3(2)4;/h3-4H,1-2H3;/q;+3. The molecule has 0 rings (SSSR count). The fourth-order valence-corrected chi connectivity index (χ4v) is 0. The van der Waals surface area contributed by atoms with Gasteiger partial charge < -0.3 is 5.11 Å². The van der Waals surface area contributed by atoms with E-state index in [-0.39, 0.29) is 23.5 Å². The van der Waals surface area contributed by atoms with E-state index in [0.717, 1.165) is 0 Å². The molecule has 0 amide bonds. The van der Waals surface area contributed by atoms with E-state index in [0.29, 0.717) is 0 Å². The van der Waals surface area contributed by atoms with Crippen LogP contribution in [0.1, 0.15) is 13.8 Å². The molecule has 0 spiro atoms. The summed E-state index contributed by atoms with van der Waals surface area (Å²) in [7, 11) is 0. The number of aliphatic hydroxyl groups excluding tert-OH is 1. The largest absolute Gasteiger partial charge is 3.00 e. The van der Waals surface area contributed by atoms with Crippen molar-refractivity contribution in [1.29, 1.82) is 0 Å². The molecule has 0 saturated heterocycles. The maximum absolute atomic E-state index is 8.06. The molecular formula is C3H8AlO+3. The zero-order valence-corrected chi connectivity index (χ0v) is 4.76. The first-order chi connectivity index (χ1) is 1.73. The van der Waals surface area contributed by atoms with E-state index in [2.05, 4.69) is 0 Å². The van der Waals surface area contributed by atoms with Crippen molar-refractivity contribution in [3.63, 3.8) is 0 Å². The molecule has 0 aliphatic carbocycles. The van der Waals surface area contributed by atoms with Crippen molar-refractivity contribution < 1.29 is 5.11 Å². The maximum Gasteiger partial charge on any atom is 3.00 e. The molecule has 0 aliphatic heterocycles. The van der Waals surface area contributed by atoms with Gasteiger partial charge in [0.2, 0.25) is 0 Å². The van der Waals surface area contributed by atoms with Crippen LogP contribution < -0.4 is 0 Å². The van der Waals surface area contributed by atoms with Crippen LogP contribution in [0, 0.1) is 0 Å². The molecule has 0 bridgehead atoms. The number of hydrogen-bond acceptors (Lipinski definition) is 1. The number of rotatable bonds is 0. The second-order valence-corrected chi connectivity index (χ2v) is 1.09. The van der Waals surface area contributed by atoms with Crippen molar-refractivity contribution >= 4 is 17.4 Å². The third-order valence-corrected chi connectivity index (χ3v) is 0. The molecule has 0 radical (unpaired) electrons. The Morgan fingerprint density at radius 1 is 1.40 bits per heavy atom. The molecule has 0 fully saturated rings. The summed E-state index contributed by atoms with van der Waals surface area (Å²) in [4.78, 5) is 0. The Bertz CT molecular complexity index is 11.6. The van der Waals surface area contributed by atoms with Crippen LogP contribution in [0.15, 0.2) is 0 Å². The van der Waals surface area contributed by atoms with Crippen molar-refractivity contribution in [2.75, 3.05) is 0 Å². The fourth-order valence-electron chi connectivity index (χ4n) is 0. The Labute approximate surface area is 43.1 Å². The van der Waals surface area contributed by atoms with Gasteiger partial charge in [-0.3, -0.25) is 0 Å². The van der Waals surface area contributed by atoms with E-state index >= 15 is 0 Å². The van der Waals surface area contributed by atoms with Crippen LogP contribution in [0.2, 0.25) is 0 Å². The van der Waals surface area contributed by atoms with Crippen LogP contribution in [0.5, 0.6) is 0 Å². The van der Waals surface area contributed by atoms with E-state index in [1.165, 1.54) is 0 Å². The summed E-state index contributed by atoms with van der Waals surface area (Å²) in [5.74, 6) is 0. The Hall–Kier alpha value is 0.492. The molecule has 26 valence electrons. The van der Waals surface area contributed by atoms with Crippen molar-refractivity contribution in [3.05, 3.63) is 0 Å². The second kappa shape index (κ2) is 4.49. The third kappa shape index (κ3) is 115. The van der Waals surface area contributed by atoms with Crippen molar-refractivity contribution in [2.24, 2.45) is 0 Å². The van der Waals surface area contributed by atoms with Gasteiger partial charge in [-0.1, -0.05) is 0 Å². The molecule has 0 aliphatic rings. The summed E-state index contributed by atoms with van der Waals surface area (Å²) in [6, 6.07) is 0. The Morgan fingerprint density at radius 2 is 1.40 bits per heavy atom. The molecule has 0 atom stereocenters. The molecule has 0 saturated carbocycles. The molecule has 1 N–H and O–H groups in total. The van der Waals surface area contributed by atoms with Crippen LogP contribution in [0.3, 0.4) is 0 Å². The topological polar surface area (TPSA) is 20.2 Å². The van der Waals surface area contributed by atoms with E-state index in [1.54, 1.807) is 13.8 Å². The van der Waals surface area contributed by atoms with Gasteiger partial charge in [-0.2, -0.15) is 0 Å². The van der Waals surface area contributed by atoms with Gasteiger partial charge in [0.1, 0.15) is 0 Å². The summed E-state index contributed by atoms with van der Waals surface area (Å²) in [5, 5.41) is 8.06. The summed E-state index contributed by atoms with van der Waals surface area (Å²) in [6.45, 7) is 3.44. The van der Waals surface area contributed by atoms with Gasteiger partial charge in [-0.15, -0.1) is 0 Å². The molecule has 0 aromatic carbocycles. The first-order valence-electron chi connectivity index (χ1n) is 1.41. The van der Waals surface area contributed by atoms with Gasteiger partial charge in [0.15, 0.2) is 0 Å². The Morgan fingerprint density at radius 3 is 1.40 bits per heavy atom. The zero-order chi connectivity index (χ0) is 3.58. The van der Waals surface area contributed by atoms with Crippen LogP contribution in [-0.2, 0) is 0 Å². The van der Waals surface area contributed by atoms with Crippen molar-refractivity contribution in [1.82, 2.24) is 0 Å². The van der Waals surface area contributed by atoms with Crippen molar-refractivity contribution in [2.45, 2.75) is 20.0 Å². The van der Waals surface area contributed by atoms with E-state index in [1.807, 2.05) is 0 Å². The average Bonchev–Trinajstić information content (AvgIpc) is 0.811. The smallest absolute Gasteiger partial charge is 0.394 e. The Kier molecular flexibility index (Phi) is 8.17. The van der Waals surface area contributed by atoms with Gasteiger partial charge in [0.05, 0.1) is 0 Å².